The van der Waals surface area contributed by atoms with Crippen molar-refractivity contribution in [3.63, 3.8) is 0 Å². The van der Waals surface area contributed by atoms with E-state index in [2.05, 4.69) is 36.4 Å². The van der Waals surface area contributed by atoms with E-state index >= 15 is 0 Å². The van der Waals surface area contributed by atoms with Gasteiger partial charge in [-0.25, -0.2) is 9.78 Å². The molecule has 0 aliphatic carbocycles. The van der Waals surface area contributed by atoms with Crippen molar-refractivity contribution in [2.24, 2.45) is 5.92 Å². The predicted molar refractivity (Wildman–Crippen MR) is 134 cm³/mol. The third kappa shape index (κ3) is 6.08. The molecule has 178 valence electrons. The number of aliphatic carboxylic acids is 1. The van der Waals surface area contributed by atoms with Crippen molar-refractivity contribution in [3.05, 3.63) is 70.9 Å². The van der Waals surface area contributed by atoms with Crippen molar-refractivity contribution < 1.29 is 19.5 Å². The van der Waals surface area contributed by atoms with Crippen LogP contribution in [0.3, 0.4) is 0 Å². The number of carboxylic acid groups (broad SMARTS) is 1. The molecule has 0 spiro atoms. The highest BCUT2D eigenvalue weighted by atomic mass is 32.1. The molecule has 2 aromatic carbocycles. The predicted octanol–water partition coefficient (Wildman–Crippen LogP) is 5.20. The van der Waals surface area contributed by atoms with Crippen LogP contribution in [-0.4, -0.2) is 33.9 Å². The van der Waals surface area contributed by atoms with Gasteiger partial charge in [0.25, 0.3) is 11.8 Å². The molecule has 7 nitrogen and oxygen atoms in total. The van der Waals surface area contributed by atoms with Gasteiger partial charge in [0.1, 0.15) is 6.04 Å². The largest absolute Gasteiger partial charge is 0.480 e. The highest BCUT2D eigenvalue weighted by Crippen LogP contribution is 2.28. The maximum atomic E-state index is 12.6. The lowest BCUT2D eigenvalue weighted by atomic mass is 9.87. The topological polar surface area (TPSA) is 108 Å². The molecule has 1 heterocycles. The highest BCUT2D eigenvalue weighted by Gasteiger charge is 2.25. The quantitative estimate of drug-likeness (QED) is 0.432. The molecule has 0 unspecified atom stereocenters. The van der Waals surface area contributed by atoms with Gasteiger partial charge in [-0.2, -0.15) is 0 Å². The minimum atomic E-state index is -1.08. The molecule has 0 radical (unpaired) electrons. The Kier molecular flexibility index (Phi) is 7.51. The zero-order valence-corrected chi connectivity index (χ0v) is 20.7. The summed E-state index contributed by atoms with van der Waals surface area (Å²) in [7, 11) is 0. The Bertz CT molecular complexity index is 1180. The van der Waals surface area contributed by atoms with Gasteiger partial charge in [0.05, 0.1) is 4.88 Å². The molecule has 0 aliphatic rings. The summed E-state index contributed by atoms with van der Waals surface area (Å²) in [4.78, 5) is 41.2. The molecule has 3 N–H and O–H groups in total. The maximum Gasteiger partial charge on any atom is 0.326 e. The zero-order chi connectivity index (χ0) is 25.0. The minimum absolute atomic E-state index is 0.0222. The van der Waals surface area contributed by atoms with Gasteiger partial charge < -0.3 is 15.7 Å². The standard InChI is InChI=1S/C26H29N3O4S/c1-15(2)21(25(32)33)29-23(31)24-27-14-20(34-24)16-8-12-19(13-9-16)28-22(30)17-6-10-18(11-7-17)26(3,4)5/h6-15,21H,1-5H3,(H,28,30)(H,29,31)(H,32,33)/t21-/m1/s1. The summed E-state index contributed by atoms with van der Waals surface area (Å²) in [6.45, 7) is 9.84. The first kappa shape index (κ1) is 25.1. The van der Waals surface area contributed by atoms with E-state index in [0.717, 1.165) is 16.0 Å². The number of nitrogens with one attached hydrogen (secondary N) is 2. The van der Waals surface area contributed by atoms with Crippen LogP contribution in [0.1, 0.15) is 60.3 Å². The van der Waals surface area contributed by atoms with E-state index < -0.39 is 17.9 Å². The average Bonchev–Trinajstić information content (AvgIpc) is 3.27. The normalized spacial score (nSPS) is 12.3. The average molecular weight is 480 g/mol. The zero-order valence-electron chi connectivity index (χ0n) is 19.9. The second-order valence-electron chi connectivity index (χ2n) is 9.42. The number of hydrogen-bond donors (Lipinski definition) is 3. The van der Waals surface area contributed by atoms with Gasteiger partial charge in [0.15, 0.2) is 5.01 Å². The number of aromatic nitrogens is 1. The first-order valence-electron chi connectivity index (χ1n) is 11.0. The number of thiazole rings is 1. The smallest absolute Gasteiger partial charge is 0.326 e. The Morgan fingerprint density at radius 2 is 1.56 bits per heavy atom. The summed E-state index contributed by atoms with van der Waals surface area (Å²) in [5.41, 5.74) is 3.25. The van der Waals surface area contributed by atoms with Gasteiger partial charge >= 0.3 is 5.97 Å². The second-order valence-corrected chi connectivity index (χ2v) is 10.5. The summed E-state index contributed by atoms with van der Waals surface area (Å²) in [5.74, 6) is -2.04. The SMILES string of the molecule is CC(C)[C@@H](NC(=O)c1ncc(-c2ccc(NC(=O)c3ccc(C(C)(C)C)cc3)cc2)s1)C(=O)O. The third-order valence-corrected chi connectivity index (χ3v) is 6.40. The van der Waals surface area contributed by atoms with E-state index in [4.69, 9.17) is 0 Å². The van der Waals surface area contributed by atoms with Crippen LogP contribution in [0, 0.1) is 5.92 Å². The molecule has 0 saturated carbocycles. The molecule has 34 heavy (non-hydrogen) atoms. The van der Waals surface area contributed by atoms with Crippen LogP contribution in [0.5, 0.6) is 0 Å². The molecule has 2 amide bonds. The van der Waals surface area contributed by atoms with E-state index in [1.54, 1.807) is 32.2 Å². The lowest BCUT2D eigenvalue weighted by Crippen LogP contribution is -2.44. The molecule has 0 saturated heterocycles. The number of rotatable bonds is 7. The molecule has 1 aromatic heterocycles. The maximum absolute atomic E-state index is 12.6. The number of carboxylic acids is 1. The summed E-state index contributed by atoms with van der Waals surface area (Å²) in [6.07, 6.45) is 1.58. The van der Waals surface area contributed by atoms with Crippen LogP contribution in [0.15, 0.2) is 54.7 Å². The van der Waals surface area contributed by atoms with E-state index in [1.165, 1.54) is 11.3 Å². The van der Waals surface area contributed by atoms with Gasteiger partial charge in [-0.05, 0) is 46.7 Å². The van der Waals surface area contributed by atoms with Gasteiger partial charge in [-0.15, -0.1) is 11.3 Å². The van der Waals surface area contributed by atoms with Crippen molar-refractivity contribution in [1.82, 2.24) is 10.3 Å². The Hall–Kier alpha value is -3.52. The van der Waals surface area contributed by atoms with Crippen LogP contribution in [0.2, 0.25) is 0 Å². The first-order chi connectivity index (χ1) is 16.0. The monoisotopic (exact) mass is 479 g/mol. The van der Waals surface area contributed by atoms with Crippen LogP contribution < -0.4 is 10.6 Å². The third-order valence-electron chi connectivity index (χ3n) is 5.36. The number of carbonyl (C=O) groups is 3. The molecule has 0 bridgehead atoms. The van der Waals surface area contributed by atoms with E-state index in [-0.39, 0.29) is 22.2 Å². The lowest BCUT2D eigenvalue weighted by Gasteiger charge is -2.19. The highest BCUT2D eigenvalue weighted by molar-refractivity contribution is 7.17. The van der Waals surface area contributed by atoms with Gasteiger partial charge in [0, 0.05) is 17.4 Å². The van der Waals surface area contributed by atoms with Gasteiger partial charge in [0.2, 0.25) is 0 Å². The summed E-state index contributed by atoms with van der Waals surface area (Å²) in [6, 6.07) is 13.8. The number of amides is 2. The van der Waals surface area contributed by atoms with E-state index in [9.17, 15) is 19.5 Å². The van der Waals surface area contributed by atoms with E-state index in [0.29, 0.717) is 11.3 Å². The second kappa shape index (κ2) is 10.2. The molecule has 8 heteroatoms. The van der Waals surface area contributed by atoms with Crippen LogP contribution in [-0.2, 0) is 10.2 Å². The van der Waals surface area contributed by atoms with Crippen LogP contribution >= 0.6 is 11.3 Å². The van der Waals surface area contributed by atoms with Gasteiger partial charge in [-0.1, -0.05) is 58.9 Å². The fourth-order valence-corrected chi connectivity index (χ4v) is 4.10. The van der Waals surface area contributed by atoms with Crippen molar-refractivity contribution in [2.75, 3.05) is 5.32 Å². The van der Waals surface area contributed by atoms with Crippen molar-refractivity contribution >= 4 is 34.8 Å². The molecule has 0 aliphatic heterocycles. The molecular formula is C26H29N3O4S. The van der Waals surface area contributed by atoms with Crippen molar-refractivity contribution in [1.29, 1.82) is 0 Å². The number of hydrogen-bond acceptors (Lipinski definition) is 5. The number of anilines is 1. The molecule has 3 rings (SSSR count). The lowest BCUT2D eigenvalue weighted by molar-refractivity contribution is -0.140. The molecule has 3 aromatic rings. The summed E-state index contributed by atoms with van der Waals surface area (Å²) >= 11 is 1.18. The molecule has 1 atom stereocenters. The fourth-order valence-electron chi connectivity index (χ4n) is 3.27. The number of benzene rings is 2. The summed E-state index contributed by atoms with van der Waals surface area (Å²) in [5, 5.41) is 14.9. The number of carbonyl (C=O) groups excluding carboxylic acids is 2. The van der Waals surface area contributed by atoms with Crippen LogP contribution in [0.25, 0.3) is 10.4 Å². The number of nitrogens with zero attached hydrogens (tertiary/aromatic N) is 1. The Labute approximate surface area is 203 Å². The van der Waals surface area contributed by atoms with Crippen molar-refractivity contribution in [2.45, 2.75) is 46.1 Å². The first-order valence-corrected chi connectivity index (χ1v) is 11.8. The molecular weight excluding hydrogens is 450 g/mol. The van der Waals surface area contributed by atoms with Crippen LogP contribution in [0.4, 0.5) is 5.69 Å². The fraction of sp³-hybridized carbons (Fsp3) is 0.308. The Morgan fingerprint density at radius 3 is 2.09 bits per heavy atom. The Balaban J connectivity index is 1.66. The molecule has 0 fully saturated rings. The van der Waals surface area contributed by atoms with Crippen molar-refractivity contribution in [3.8, 4) is 10.4 Å². The Morgan fingerprint density at radius 1 is 0.941 bits per heavy atom. The minimum Gasteiger partial charge on any atom is -0.480 e. The summed E-state index contributed by atoms with van der Waals surface area (Å²) < 4.78 is 0. The van der Waals surface area contributed by atoms with E-state index in [1.807, 2.05) is 36.4 Å². The van der Waals surface area contributed by atoms with Gasteiger partial charge in [-0.3, -0.25) is 9.59 Å².